The van der Waals surface area contributed by atoms with Crippen LogP contribution in [-0.2, 0) is 0 Å². The molecule has 0 radical (unpaired) electrons. The Morgan fingerprint density at radius 3 is 2.33 bits per heavy atom. The fraction of sp³-hybridized carbons (Fsp3) is 0.0870. The van der Waals surface area contributed by atoms with Crippen LogP contribution in [0.3, 0.4) is 0 Å². The zero-order valence-corrected chi connectivity index (χ0v) is 16.6. The molecule has 2 heterocycles. The Morgan fingerprint density at radius 1 is 0.933 bits per heavy atom. The van der Waals surface area contributed by atoms with Crippen molar-refractivity contribution >= 4 is 11.6 Å². The Morgan fingerprint density at radius 2 is 1.67 bits per heavy atom. The predicted molar refractivity (Wildman–Crippen MR) is 114 cm³/mol. The summed E-state index contributed by atoms with van der Waals surface area (Å²) in [6.45, 7) is 2.01. The van der Waals surface area contributed by atoms with E-state index in [0.29, 0.717) is 23.0 Å². The molecule has 2 aromatic heterocycles. The number of anilines is 1. The maximum Gasteiger partial charge on any atom is 0.276 e. The zero-order valence-electron chi connectivity index (χ0n) is 16.6. The lowest BCUT2D eigenvalue weighted by Crippen LogP contribution is -2.13. The van der Waals surface area contributed by atoms with E-state index in [1.165, 1.54) is 0 Å². The summed E-state index contributed by atoms with van der Waals surface area (Å²) in [6, 6.07) is 20.2. The van der Waals surface area contributed by atoms with Crippen LogP contribution >= 0.6 is 0 Å². The molecule has 7 nitrogen and oxygen atoms in total. The quantitative estimate of drug-likeness (QED) is 0.511. The molecule has 0 saturated heterocycles. The number of methoxy groups -OCH3 is 1. The molecule has 0 fully saturated rings. The molecule has 150 valence electrons. The van der Waals surface area contributed by atoms with Crippen LogP contribution in [0.5, 0.6) is 17.4 Å². The van der Waals surface area contributed by atoms with E-state index in [-0.39, 0.29) is 5.91 Å². The highest BCUT2D eigenvalue weighted by atomic mass is 16.5. The van der Waals surface area contributed by atoms with Crippen LogP contribution in [0.15, 0.2) is 79.1 Å². The Balaban J connectivity index is 1.40. The van der Waals surface area contributed by atoms with E-state index in [1.807, 2.05) is 55.5 Å². The first-order valence-corrected chi connectivity index (χ1v) is 9.33. The highest BCUT2D eigenvalue weighted by Crippen LogP contribution is 2.21. The van der Waals surface area contributed by atoms with Crippen molar-refractivity contribution in [1.29, 1.82) is 0 Å². The first-order chi connectivity index (χ1) is 14.6. The van der Waals surface area contributed by atoms with Gasteiger partial charge in [-0.25, -0.2) is 9.67 Å². The summed E-state index contributed by atoms with van der Waals surface area (Å²) in [7, 11) is 1.61. The van der Waals surface area contributed by atoms with Gasteiger partial charge in [0.1, 0.15) is 11.5 Å². The van der Waals surface area contributed by atoms with E-state index < -0.39 is 0 Å². The normalized spacial score (nSPS) is 10.5. The Bertz CT molecular complexity index is 1130. The summed E-state index contributed by atoms with van der Waals surface area (Å²) in [4.78, 5) is 16.7. The van der Waals surface area contributed by atoms with Crippen LogP contribution in [0.2, 0.25) is 0 Å². The number of nitrogens with one attached hydrogen (secondary N) is 1. The van der Waals surface area contributed by atoms with E-state index in [2.05, 4.69) is 15.4 Å². The molecular formula is C23H20N4O3. The Kier molecular flexibility index (Phi) is 5.43. The van der Waals surface area contributed by atoms with Gasteiger partial charge in [0.05, 0.1) is 24.7 Å². The predicted octanol–water partition coefficient (Wildman–Crippen LogP) is 4.63. The molecule has 4 rings (SSSR count). The molecule has 7 heteroatoms. The van der Waals surface area contributed by atoms with Crippen molar-refractivity contribution in [2.24, 2.45) is 0 Å². The van der Waals surface area contributed by atoms with E-state index >= 15 is 0 Å². The first-order valence-electron chi connectivity index (χ1n) is 9.33. The Hall–Kier alpha value is -4.13. The highest BCUT2D eigenvalue weighted by Gasteiger charge is 2.11. The first kappa shape index (κ1) is 19.2. The molecule has 0 atom stereocenters. The van der Waals surface area contributed by atoms with Gasteiger partial charge in [0.25, 0.3) is 5.91 Å². The third-order valence-corrected chi connectivity index (χ3v) is 4.40. The average molecular weight is 400 g/mol. The second kappa shape index (κ2) is 8.48. The number of aromatic nitrogens is 3. The number of hydrogen-bond acceptors (Lipinski definition) is 5. The second-order valence-electron chi connectivity index (χ2n) is 6.60. The second-order valence-corrected chi connectivity index (χ2v) is 6.60. The minimum Gasteiger partial charge on any atom is -0.497 e. The van der Waals surface area contributed by atoms with E-state index in [0.717, 1.165) is 17.0 Å². The van der Waals surface area contributed by atoms with Crippen LogP contribution in [0.4, 0.5) is 5.69 Å². The lowest BCUT2D eigenvalue weighted by atomic mass is 10.2. The van der Waals surface area contributed by atoms with Gasteiger partial charge in [-0.1, -0.05) is 17.7 Å². The third kappa shape index (κ3) is 4.47. The lowest BCUT2D eigenvalue weighted by Gasteiger charge is -2.07. The van der Waals surface area contributed by atoms with E-state index in [4.69, 9.17) is 9.47 Å². The number of carbonyl (C=O) groups is 1. The molecule has 0 aliphatic rings. The lowest BCUT2D eigenvalue weighted by molar-refractivity contribution is 0.102. The third-order valence-electron chi connectivity index (χ3n) is 4.40. The van der Waals surface area contributed by atoms with Crippen molar-refractivity contribution < 1.29 is 14.3 Å². The van der Waals surface area contributed by atoms with Gasteiger partial charge in [-0.2, -0.15) is 5.10 Å². The Labute approximate surface area is 173 Å². The average Bonchev–Trinajstić information content (AvgIpc) is 3.27. The van der Waals surface area contributed by atoms with Crippen molar-refractivity contribution in [3.8, 4) is 23.1 Å². The number of ether oxygens (including phenoxy) is 2. The number of hydrogen-bond donors (Lipinski definition) is 1. The maximum absolute atomic E-state index is 12.5. The largest absolute Gasteiger partial charge is 0.497 e. The summed E-state index contributed by atoms with van der Waals surface area (Å²) >= 11 is 0. The summed E-state index contributed by atoms with van der Waals surface area (Å²) in [5.74, 6) is 1.58. The molecule has 0 spiro atoms. The molecule has 4 aromatic rings. The fourth-order valence-corrected chi connectivity index (χ4v) is 2.76. The molecule has 30 heavy (non-hydrogen) atoms. The zero-order chi connectivity index (χ0) is 20.9. The van der Waals surface area contributed by atoms with Gasteiger partial charge < -0.3 is 14.8 Å². The molecule has 0 bridgehead atoms. The number of aryl methyl sites for hydroxylation is 1. The van der Waals surface area contributed by atoms with E-state index in [1.54, 1.807) is 42.4 Å². The molecule has 2 aromatic carbocycles. The van der Waals surface area contributed by atoms with Gasteiger partial charge in [0, 0.05) is 12.3 Å². The minimum atomic E-state index is -0.323. The SMILES string of the molecule is COc1ccc(-n2ccc(C(=O)Nc3ccc(Oc4ccc(C)cc4)nc3)n2)cc1. The molecule has 0 unspecified atom stereocenters. The highest BCUT2D eigenvalue weighted by molar-refractivity contribution is 6.02. The summed E-state index contributed by atoms with van der Waals surface area (Å²) < 4.78 is 12.5. The van der Waals surface area contributed by atoms with Crippen molar-refractivity contribution in [3.05, 3.63) is 90.4 Å². The topological polar surface area (TPSA) is 78.3 Å². The number of nitrogens with zero attached hydrogens (tertiary/aromatic N) is 3. The molecule has 0 saturated carbocycles. The maximum atomic E-state index is 12.5. The molecule has 1 amide bonds. The summed E-state index contributed by atoms with van der Waals surface area (Å²) in [5.41, 5.74) is 2.83. The number of amides is 1. The van der Waals surface area contributed by atoms with Gasteiger partial charge in [-0.3, -0.25) is 4.79 Å². The molecule has 0 aliphatic carbocycles. The van der Waals surface area contributed by atoms with Crippen LogP contribution in [0.25, 0.3) is 5.69 Å². The number of rotatable bonds is 6. The molecule has 0 aliphatic heterocycles. The van der Waals surface area contributed by atoms with Crippen LogP contribution < -0.4 is 14.8 Å². The molecule has 1 N–H and O–H groups in total. The number of carbonyl (C=O) groups excluding carboxylic acids is 1. The van der Waals surface area contributed by atoms with Crippen LogP contribution in [0, 0.1) is 6.92 Å². The van der Waals surface area contributed by atoms with Gasteiger partial charge in [-0.05, 0) is 55.5 Å². The summed E-state index contributed by atoms with van der Waals surface area (Å²) in [5, 5.41) is 7.12. The van der Waals surface area contributed by atoms with Gasteiger partial charge in [-0.15, -0.1) is 0 Å². The number of pyridine rings is 1. The van der Waals surface area contributed by atoms with Gasteiger partial charge >= 0.3 is 0 Å². The van der Waals surface area contributed by atoms with Crippen molar-refractivity contribution in [2.45, 2.75) is 6.92 Å². The molecular weight excluding hydrogens is 380 g/mol. The fourth-order valence-electron chi connectivity index (χ4n) is 2.76. The summed E-state index contributed by atoms with van der Waals surface area (Å²) in [6.07, 6.45) is 3.27. The standard InChI is InChI=1S/C23H20N4O3/c1-16-3-8-20(9-4-16)30-22-12-5-17(15-24-22)25-23(28)21-13-14-27(26-21)18-6-10-19(29-2)11-7-18/h3-15H,1-2H3,(H,25,28). The van der Waals surface area contributed by atoms with E-state index in [9.17, 15) is 4.79 Å². The number of benzene rings is 2. The van der Waals surface area contributed by atoms with Crippen LogP contribution in [-0.4, -0.2) is 27.8 Å². The monoisotopic (exact) mass is 400 g/mol. The van der Waals surface area contributed by atoms with Crippen LogP contribution in [0.1, 0.15) is 16.1 Å². The van der Waals surface area contributed by atoms with Crippen molar-refractivity contribution in [3.63, 3.8) is 0 Å². The van der Waals surface area contributed by atoms with Gasteiger partial charge in [0.15, 0.2) is 5.69 Å². The smallest absolute Gasteiger partial charge is 0.276 e. The van der Waals surface area contributed by atoms with Gasteiger partial charge in [0.2, 0.25) is 5.88 Å². The van der Waals surface area contributed by atoms with Crippen molar-refractivity contribution in [1.82, 2.24) is 14.8 Å². The van der Waals surface area contributed by atoms with Crippen molar-refractivity contribution in [2.75, 3.05) is 12.4 Å². The minimum absolute atomic E-state index is 0.297.